The van der Waals surface area contributed by atoms with Crippen molar-refractivity contribution in [2.75, 3.05) is 6.61 Å². The van der Waals surface area contributed by atoms with E-state index in [1.54, 1.807) is 13.3 Å². The second kappa shape index (κ2) is 8.60. The van der Waals surface area contributed by atoms with Gasteiger partial charge in [-0.2, -0.15) is 0 Å². The van der Waals surface area contributed by atoms with Crippen molar-refractivity contribution in [3.8, 4) is 17.2 Å². The molecule has 2 aromatic carbocycles. The molecule has 5 nitrogen and oxygen atoms in total. The fourth-order valence-electron chi connectivity index (χ4n) is 3.73. The lowest BCUT2D eigenvalue weighted by atomic mass is 9.98. The molecule has 0 amide bonds. The number of carbonyl (C=O) groups is 1. The van der Waals surface area contributed by atoms with Gasteiger partial charge in [0.2, 0.25) is 0 Å². The minimum Gasteiger partial charge on any atom is -0.461 e. The summed E-state index contributed by atoms with van der Waals surface area (Å²) in [4.78, 5) is 22.0. The molecule has 2 heterocycles. The molecule has 3 aromatic rings. The Hall–Kier alpha value is -3.43. The molecule has 0 fully saturated rings. The van der Waals surface area contributed by atoms with Gasteiger partial charge in [-0.05, 0) is 32.0 Å². The third kappa shape index (κ3) is 4.30. The van der Waals surface area contributed by atoms with Gasteiger partial charge in [0.05, 0.1) is 29.7 Å². The highest BCUT2D eigenvalue weighted by Crippen LogP contribution is 2.33. The zero-order chi connectivity index (χ0) is 22.9. The number of hydrogen-bond acceptors (Lipinski definition) is 4. The van der Waals surface area contributed by atoms with Crippen LogP contribution >= 0.6 is 0 Å². The molecule has 0 spiro atoms. The Kier molecular flexibility index (Phi) is 5.85. The van der Waals surface area contributed by atoms with Gasteiger partial charge in [-0.25, -0.2) is 9.78 Å². The molecule has 1 aromatic heterocycles. The van der Waals surface area contributed by atoms with Crippen molar-refractivity contribution in [2.24, 2.45) is 4.99 Å². The van der Waals surface area contributed by atoms with Crippen molar-refractivity contribution in [3.63, 3.8) is 0 Å². The molecule has 1 atom stereocenters. The van der Waals surface area contributed by atoms with Gasteiger partial charge in [-0.3, -0.25) is 9.56 Å². The zero-order valence-corrected chi connectivity index (χ0v) is 20.1. The van der Waals surface area contributed by atoms with Gasteiger partial charge in [0.25, 0.3) is 0 Å². The third-order valence-corrected chi connectivity index (χ3v) is 6.01. The minimum absolute atomic E-state index is 0.281. The van der Waals surface area contributed by atoms with Crippen molar-refractivity contribution in [3.05, 3.63) is 82.9 Å². The van der Waals surface area contributed by atoms with Crippen molar-refractivity contribution in [1.29, 1.82) is 0 Å². The first-order valence-electron chi connectivity index (χ1n) is 10.8. The topological polar surface area (TPSA) is 56.5 Å². The molecule has 0 unspecified atom stereocenters. The van der Waals surface area contributed by atoms with Crippen LogP contribution in [0.4, 0.5) is 0 Å². The van der Waals surface area contributed by atoms with E-state index in [0.717, 1.165) is 33.8 Å². The Morgan fingerprint density at radius 2 is 1.91 bits per heavy atom. The molecule has 1 aliphatic rings. The third-order valence-electron chi connectivity index (χ3n) is 5.13. The summed E-state index contributed by atoms with van der Waals surface area (Å²) in [5, 5.41) is 0. The quantitative estimate of drug-likeness (QED) is 0.319. The highest BCUT2D eigenvalue weighted by molar-refractivity contribution is 6.83. The Labute approximate surface area is 190 Å². The molecule has 0 N–H and O–H groups in total. The number of nitrogens with zero attached hydrogens (tertiary/aromatic N) is 3. The van der Waals surface area contributed by atoms with Crippen molar-refractivity contribution in [1.82, 2.24) is 9.55 Å². The maximum atomic E-state index is 12.6. The molecule has 32 heavy (non-hydrogen) atoms. The van der Waals surface area contributed by atoms with Crippen molar-refractivity contribution >= 4 is 19.8 Å². The lowest BCUT2D eigenvalue weighted by Crippen LogP contribution is -2.16. The molecule has 0 bridgehead atoms. The monoisotopic (exact) mass is 441 g/mol. The van der Waals surface area contributed by atoms with Crippen LogP contribution in [0.2, 0.25) is 19.6 Å². The maximum absolute atomic E-state index is 12.6. The van der Waals surface area contributed by atoms with E-state index >= 15 is 0 Å². The number of hydrogen-bond donors (Lipinski definition) is 0. The van der Waals surface area contributed by atoms with E-state index in [0.29, 0.717) is 12.3 Å². The Morgan fingerprint density at radius 3 is 2.59 bits per heavy atom. The number of carbonyl (C=O) groups excluding carboxylic acids is 1. The van der Waals surface area contributed by atoms with Gasteiger partial charge in [0.1, 0.15) is 14.4 Å². The highest BCUT2D eigenvalue weighted by Gasteiger charge is 2.29. The largest absolute Gasteiger partial charge is 0.461 e. The normalized spacial score (nSPS) is 14.9. The minimum atomic E-state index is -1.51. The number of benzene rings is 2. The zero-order valence-electron chi connectivity index (χ0n) is 19.1. The lowest BCUT2D eigenvalue weighted by Gasteiger charge is -2.13. The predicted molar refractivity (Wildman–Crippen MR) is 130 cm³/mol. The molecular formula is C26H27N3O2Si. The van der Waals surface area contributed by atoms with Crippen LogP contribution in [0.15, 0.2) is 59.9 Å². The van der Waals surface area contributed by atoms with E-state index in [4.69, 9.17) is 9.73 Å². The number of ether oxygens (including phenoxy) is 1. The van der Waals surface area contributed by atoms with Gasteiger partial charge in [0.15, 0.2) is 5.69 Å². The number of aliphatic imine (C=N–C) groups is 1. The summed E-state index contributed by atoms with van der Waals surface area (Å²) < 4.78 is 7.21. The fourth-order valence-corrected chi connectivity index (χ4v) is 4.25. The van der Waals surface area contributed by atoms with Crippen molar-refractivity contribution in [2.45, 2.75) is 39.5 Å². The van der Waals surface area contributed by atoms with Crippen LogP contribution in [0.3, 0.4) is 0 Å². The van der Waals surface area contributed by atoms with E-state index < -0.39 is 14.0 Å². The number of aromatic nitrogens is 2. The van der Waals surface area contributed by atoms with E-state index in [9.17, 15) is 4.79 Å². The maximum Gasteiger partial charge on any atom is 0.358 e. The van der Waals surface area contributed by atoms with Gasteiger partial charge in [-0.15, -0.1) is 5.54 Å². The second-order valence-electron chi connectivity index (χ2n) is 8.82. The number of fused-ring (bicyclic) bond motifs is 3. The lowest BCUT2D eigenvalue weighted by molar-refractivity contribution is 0.0518. The van der Waals surface area contributed by atoms with Crippen LogP contribution in [0, 0.1) is 11.5 Å². The molecule has 0 radical (unpaired) electrons. The van der Waals surface area contributed by atoms with Gasteiger partial charge in [0, 0.05) is 16.7 Å². The summed E-state index contributed by atoms with van der Waals surface area (Å²) in [6.45, 7) is 10.8. The van der Waals surface area contributed by atoms with Gasteiger partial charge in [-0.1, -0.05) is 55.9 Å². The van der Waals surface area contributed by atoms with E-state index in [1.807, 2.05) is 41.8 Å². The van der Waals surface area contributed by atoms with Gasteiger partial charge < -0.3 is 4.74 Å². The Bertz CT molecular complexity index is 1260. The van der Waals surface area contributed by atoms with Crippen molar-refractivity contribution < 1.29 is 9.53 Å². The highest BCUT2D eigenvalue weighted by atomic mass is 28.3. The van der Waals surface area contributed by atoms with Crippen LogP contribution in [0.1, 0.15) is 52.8 Å². The number of rotatable bonds is 3. The van der Waals surface area contributed by atoms with Crippen LogP contribution < -0.4 is 0 Å². The van der Waals surface area contributed by atoms with Crippen LogP contribution in [0.25, 0.3) is 5.69 Å². The van der Waals surface area contributed by atoms with E-state index in [2.05, 4.69) is 54.3 Å². The first-order valence-corrected chi connectivity index (χ1v) is 14.3. The molecule has 1 aliphatic heterocycles. The molecule has 0 saturated heterocycles. The number of esters is 1. The average molecular weight is 442 g/mol. The summed E-state index contributed by atoms with van der Waals surface area (Å²) in [5.41, 5.74) is 9.24. The Balaban J connectivity index is 1.95. The fraction of sp³-hybridized carbons (Fsp3) is 0.269. The SMILES string of the molecule is CCOC(=O)c1ncn2c1[C@@H](C)N=C(c1ccccc1)c1cc(C#C[Si](C)(C)C)ccc1-2. The van der Waals surface area contributed by atoms with E-state index in [-0.39, 0.29) is 6.04 Å². The summed E-state index contributed by atoms with van der Waals surface area (Å²) >= 11 is 0. The standard InChI is InChI=1S/C26H27N3O2Si/c1-6-31-26(30)24-25-18(2)28-23(20-10-8-7-9-11-20)21-16-19(14-15-32(3,4)5)12-13-22(21)29(25)17-27-24/h7-13,16-18H,6H2,1-5H3/t18-/m1/s1. The summed E-state index contributed by atoms with van der Waals surface area (Å²) in [6, 6.07) is 16.0. The summed E-state index contributed by atoms with van der Waals surface area (Å²) in [6.07, 6.45) is 1.69. The molecule has 6 heteroatoms. The predicted octanol–water partition coefficient (Wildman–Crippen LogP) is 5.19. The molecule has 162 valence electrons. The number of imidazole rings is 1. The smallest absolute Gasteiger partial charge is 0.358 e. The van der Waals surface area contributed by atoms with Crippen LogP contribution in [-0.2, 0) is 4.74 Å². The summed E-state index contributed by atoms with van der Waals surface area (Å²) in [7, 11) is -1.51. The summed E-state index contributed by atoms with van der Waals surface area (Å²) in [5.74, 6) is 2.93. The molecular weight excluding hydrogens is 414 g/mol. The average Bonchev–Trinajstić information content (AvgIpc) is 3.17. The molecule has 0 aliphatic carbocycles. The second-order valence-corrected chi connectivity index (χ2v) is 13.6. The van der Waals surface area contributed by atoms with E-state index in [1.165, 1.54) is 0 Å². The molecule has 0 saturated carbocycles. The van der Waals surface area contributed by atoms with Crippen LogP contribution in [0.5, 0.6) is 0 Å². The molecule has 4 rings (SSSR count). The Morgan fingerprint density at radius 1 is 1.16 bits per heavy atom. The van der Waals surface area contributed by atoms with Crippen LogP contribution in [-0.4, -0.2) is 35.9 Å². The first kappa shape index (κ1) is 21.8. The first-order chi connectivity index (χ1) is 15.3. The van der Waals surface area contributed by atoms with Gasteiger partial charge >= 0.3 is 5.97 Å².